The molecule has 5 nitrogen and oxygen atoms in total. The molecule has 20 heavy (non-hydrogen) atoms. The second kappa shape index (κ2) is 5.77. The Hall–Kier alpha value is -2.30. The van der Waals surface area contributed by atoms with Gasteiger partial charge in [0.15, 0.2) is 6.04 Å². The molecule has 0 fully saturated rings. The lowest BCUT2D eigenvalue weighted by atomic mass is 9.93. The van der Waals surface area contributed by atoms with E-state index in [0.29, 0.717) is 25.1 Å². The van der Waals surface area contributed by atoms with Crippen LogP contribution < -0.4 is 0 Å². The Labute approximate surface area is 118 Å². The predicted molar refractivity (Wildman–Crippen MR) is 75.5 cm³/mol. The van der Waals surface area contributed by atoms with E-state index in [-0.39, 0.29) is 6.03 Å². The monoisotopic (exact) mass is 274 g/mol. The molecular weight excluding hydrogens is 256 g/mol. The van der Waals surface area contributed by atoms with Gasteiger partial charge < -0.3 is 14.9 Å². The fourth-order valence-electron chi connectivity index (χ4n) is 2.53. The number of hydrogen-bond acceptors (Lipinski definition) is 2. The van der Waals surface area contributed by atoms with E-state index >= 15 is 0 Å². The van der Waals surface area contributed by atoms with E-state index in [1.165, 1.54) is 9.80 Å². The number of urea groups is 1. The van der Waals surface area contributed by atoms with E-state index in [4.69, 9.17) is 0 Å². The van der Waals surface area contributed by atoms with Crippen LogP contribution in [0, 0.1) is 0 Å². The summed E-state index contributed by atoms with van der Waals surface area (Å²) in [6, 6.07) is 6.18. The molecule has 106 valence electrons. The second-order valence-corrected chi connectivity index (χ2v) is 4.83. The molecule has 0 radical (unpaired) electrons. The molecule has 0 bridgehead atoms. The van der Waals surface area contributed by atoms with Crippen LogP contribution in [0.1, 0.15) is 17.2 Å². The van der Waals surface area contributed by atoms with Gasteiger partial charge in [0.05, 0.1) is 0 Å². The largest absolute Gasteiger partial charge is 0.479 e. The predicted octanol–water partition coefficient (Wildman–Crippen LogP) is 1.91. The highest BCUT2D eigenvalue weighted by Crippen LogP contribution is 2.30. The summed E-state index contributed by atoms with van der Waals surface area (Å²) >= 11 is 0. The van der Waals surface area contributed by atoms with Gasteiger partial charge in [-0.2, -0.15) is 0 Å². The van der Waals surface area contributed by atoms with Crippen molar-refractivity contribution in [3.63, 3.8) is 0 Å². The van der Waals surface area contributed by atoms with Crippen molar-refractivity contribution in [2.45, 2.75) is 12.5 Å². The van der Waals surface area contributed by atoms with Crippen molar-refractivity contribution < 1.29 is 14.7 Å². The maximum absolute atomic E-state index is 12.4. The average molecular weight is 274 g/mol. The van der Waals surface area contributed by atoms with Gasteiger partial charge in [0, 0.05) is 20.1 Å². The van der Waals surface area contributed by atoms with Gasteiger partial charge >= 0.3 is 12.0 Å². The normalized spacial score (nSPS) is 17.2. The fraction of sp³-hybridized carbons (Fsp3) is 0.333. The van der Waals surface area contributed by atoms with E-state index in [2.05, 4.69) is 6.58 Å². The Morgan fingerprint density at radius 1 is 1.50 bits per heavy atom. The Bertz CT molecular complexity index is 542. The van der Waals surface area contributed by atoms with Gasteiger partial charge in [-0.1, -0.05) is 30.3 Å². The summed E-state index contributed by atoms with van der Waals surface area (Å²) in [6.07, 6.45) is 2.29. The molecule has 1 aromatic carbocycles. The quantitative estimate of drug-likeness (QED) is 0.856. The van der Waals surface area contributed by atoms with Crippen molar-refractivity contribution in [3.05, 3.63) is 48.0 Å². The lowest BCUT2D eigenvalue weighted by molar-refractivity contribution is -0.143. The van der Waals surface area contributed by atoms with Crippen LogP contribution in [-0.4, -0.2) is 47.0 Å². The SMILES string of the molecule is C=CCN(C)C(=O)N1CCc2ccccc2C1C(=O)O. The van der Waals surface area contributed by atoms with Crippen LogP contribution in [0.5, 0.6) is 0 Å². The van der Waals surface area contributed by atoms with Gasteiger partial charge in [-0.25, -0.2) is 9.59 Å². The number of aliphatic carboxylic acids is 1. The summed E-state index contributed by atoms with van der Waals surface area (Å²) in [5.74, 6) is -1.00. The van der Waals surface area contributed by atoms with Crippen LogP contribution in [-0.2, 0) is 11.2 Å². The van der Waals surface area contributed by atoms with Crippen LogP contribution in [0.3, 0.4) is 0 Å². The van der Waals surface area contributed by atoms with Crippen molar-refractivity contribution in [2.24, 2.45) is 0 Å². The molecule has 1 aromatic rings. The van der Waals surface area contributed by atoms with E-state index in [9.17, 15) is 14.7 Å². The molecule has 0 aromatic heterocycles. The maximum atomic E-state index is 12.4. The molecule has 0 saturated heterocycles. The number of benzene rings is 1. The first kappa shape index (κ1) is 14.1. The van der Waals surface area contributed by atoms with Gasteiger partial charge in [0.25, 0.3) is 0 Å². The maximum Gasteiger partial charge on any atom is 0.331 e. The molecule has 1 aliphatic heterocycles. The highest BCUT2D eigenvalue weighted by atomic mass is 16.4. The Balaban J connectivity index is 2.33. The molecule has 1 unspecified atom stereocenters. The number of carbonyl (C=O) groups excluding carboxylic acids is 1. The number of likely N-dealkylation sites (N-methyl/N-ethyl adjacent to an activating group) is 1. The van der Waals surface area contributed by atoms with E-state index in [0.717, 1.165) is 5.56 Å². The smallest absolute Gasteiger partial charge is 0.331 e. The zero-order valence-corrected chi connectivity index (χ0v) is 11.5. The Kier molecular flexibility index (Phi) is 4.08. The van der Waals surface area contributed by atoms with Crippen molar-refractivity contribution in [2.75, 3.05) is 20.1 Å². The minimum Gasteiger partial charge on any atom is -0.479 e. The van der Waals surface area contributed by atoms with Gasteiger partial charge in [-0.05, 0) is 17.5 Å². The van der Waals surface area contributed by atoms with Crippen LogP contribution in [0.15, 0.2) is 36.9 Å². The van der Waals surface area contributed by atoms with Crippen molar-refractivity contribution in [1.82, 2.24) is 9.80 Å². The first-order valence-electron chi connectivity index (χ1n) is 6.49. The third kappa shape index (κ3) is 2.52. The van der Waals surface area contributed by atoms with Gasteiger partial charge in [-0.3, -0.25) is 0 Å². The summed E-state index contributed by atoms with van der Waals surface area (Å²) < 4.78 is 0. The van der Waals surface area contributed by atoms with Crippen LogP contribution >= 0.6 is 0 Å². The van der Waals surface area contributed by atoms with Crippen LogP contribution in [0.4, 0.5) is 4.79 Å². The zero-order valence-electron chi connectivity index (χ0n) is 11.5. The molecule has 1 aliphatic rings. The minimum atomic E-state index is -1.00. The number of carbonyl (C=O) groups is 2. The number of nitrogens with zero attached hydrogens (tertiary/aromatic N) is 2. The molecule has 0 spiro atoms. The molecule has 1 N–H and O–H groups in total. The number of hydrogen-bond donors (Lipinski definition) is 1. The Morgan fingerprint density at radius 3 is 2.85 bits per heavy atom. The van der Waals surface area contributed by atoms with Crippen molar-refractivity contribution in [3.8, 4) is 0 Å². The summed E-state index contributed by atoms with van der Waals surface area (Å²) in [5.41, 5.74) is 1.70. The highest BCUT2D eigenvalue weighted by Gasteiger charge is 2.36. The molecule has 2 amide bonds. The van der Waals surface area contributed by atoms with Crippen LogP contribution in [0.2, 0.25) is 0 Å². The average Bonchev–Trinajstić information content (AvgIpc) is 2.45. The summed E-state index contributed by atoms with van der Waals surface area (Å²) in [6.45, 7) is 4.39. The lowest BCUT2D eigenvalue weighted by Gasteiger charge is -2.36. The van der Waals surface area contributed by atoms with E-state index in [1.54, 1.807) is 25.3 Å². The first-order valence-corrected chi connectivity index (χ1v) is 6.49. The molecule has 5 heteroatoms. The number of carboxylic acids is 1. The third-order valence-electron chi connectivity index (χ3n) is 3.49. The Morgan fingerprint density at radius 2 is 2.20 bits per heavy atom. The summed E-state index contributed by atoms with van der Waals surface area (Å²) in [4.78, 5) is 26.8. The fourth-order valence-corrected chi connectivity index (χ4v) is 2.53. The van der Waals surface area contributed by atoms with E-state index < -0.39 is 12.0 Å². The van der Waals surface area contributed by atoms with Gasteiger partial charge in [0.1, 0.15) is 0 Å². The van der Waals surface area contributed by atoms with Gasteiger partial charge in [0.2, 0.25) is 0 Å². The molecule has 0 saturated carbocycles. The number of amides is 2. The van der Waals surface area contributed by atoms with Crippen molar-refractivity contribution in [1.29, 1.82) is 0 Å². The summed E-state index contributed by atoms with van der Waals surface area (Å²) in [5, 5.41) is 9.48. The highest BCUT2D eigenvalue weighted by molar-refractivity contribution is 5.84. The molecule has 2 rings (SSSR count). The standard InChI is InChI=1S/C15H18N2O3/c1-3-9-16(2)15(20)17-10-8-11-6-4-5-7-12(11)13(17)14(18)19/h3-7,13H,1,8-10H2,2H3,(H,18,19). The molecular formula is C15H18N2O3. The first-order chi connectivity index (χ1) is 9.56. The van der Waals surface area contributed by atoms with Crippen LogP contribution in [0.25, 0.3) is 0 Å². The number of rotatable bonds is 3. The molecule has 1 heterocycles. The lowest BCUT2D eigenvalue weighted by Crippen LogP contribution is -2.48. The number of fused-ring (bicyclic) bond motifs is 1. The van der Waals surface area contributed by atoms with Crippen molar-refractivity contribution >= 4 is 12.0 Å². The minimum absolute atomic E-state index is 0.285. The molecule has 0 aliphatic carbocycles. The van der Waals surface area contributed by atoms with Gasteiger partial charge in [-0.15, -0.1) is 6.58 Å². The van der Waals surface area contributed by atoms with E-state index in [1.807, 2.05) is 12.1 Å². The third-order valence-corrected chi connectivity index (χ3v) is 3.49. The number of carboxylic acid groups (broad SMARTS) is 1. The summed E-state index contributed by atoms with van der Waals surface area (Å²) in [7, 11) is 1.64. The zero-order chi connectivity index (χ0) is 14.7. The second-order valence-electron chi connectivity index (χ2n) is 4.83. The topological polar surface area (TPSA) is 60.9 Å². The molecule has 1 atom stereocenters.